The molecule has 1 aliphatic rings. The van der Waals surface area contributed by atoms with Crippen molar-refractivity contribution < 1.29 is 4.79 Å². The van der Waals surface area contributed by atoms with Crippen molar-refractivity contribution in [3.63, 3.8) is 0 Å². The zero-order valence-electron chi connectivity index (χ0n) is 16.0. The number of carbonyl (C=O) groups excluding carboxylic acids is 1. The molecule has 1 N–H and O–H groups in total. The maximum atomic E-state index is 12.8. The molecule has 2 heterocycles. The summed E-state index contributed by atoms with van der Waals surface area (Å²) in [5.41, 5.74) is 4.49. The summed E-state index contributed by atoms with van der Waals surface area (Å²) in [6.45, 7) is 7.92. The summed E-state index contributed by atoms with van der Waals surface area (Å²) >= 11 is 3.33. The number of nitrogens with one attached hydrogen (secondary N) is 1. The van der Waals surface area contributed by atoms with Gasteiger partial charge in [0.25, 0.3) is 0 Å². The van der Waals surface area contributed by atoms with Gasteiger partial charge in [0, 0.05) is 16.0 Å². The molecule has 1 aliphatic carbocycles. The molecule has 6 heteroatoms. The van der Waals surface area contributed by atoms with E-state index in [0.29, 0.717) is 0 Å². The van der Waals surface area contributed by atoms with E-state index in [1.807, 2.05) is 39.8 Å². The van der Waals surface area contributed by atoms with E-state index in [2.05, 4.69) is 16.4 Å². The van der Waals surface area contributed by atoms with Gasteiger partial charge in [0.15, 0.2) is 0 Å². The molecule has 4 rings (SSSR count). The molecule has 0 radical (unpaired) electrons. The van der Waals surface area contributed by atoms with Crippen LogP contribution in [-0.2, 0) is 17.6 Å². The average molecular weight is 398 g/mol. The number of rotatable bonds is 4. The van der Waals surface area contributed by atoms with Crippen LogP contribution in [0.1, 0.15) is 40.7 Å². The fourth-order valence-corrected chi connectivity index (χ4v) is 5.87. The Morgan fingerprint density at radius 3 is 2.85 bits per heavy atom. The second-order valence-electron chi connectivity index (χ2n) is 7.18. The van der Waals surface area contributed by atoms with Crippen molar-refractivity contribution in [1.82, 2.24) is 9.97 Å². The molecule has 1 amide bonds. The number of thioether (sulfide) groups is 1. The monoisotopic (exact) mass is 397 g/mol. The molecule has 0 saturated carbocycles. The van der Waals surface area contributed by atoms with Crippen LogP contribution < -0.4 is 5.32 Å². The van der Waals surface area contributed by atoms with Crippen LogP contribution in [0.4, 0.5) is 5.69 Å². The van der Waals surface area contributed by atoms with Crippen molar-refractivity contribution in [3.05, 3.63) is 45.6 Å². The third kappa shape index (κ3) is 3.60. The normalized spacial score (nSPS) is 14.4. The van der Waals surface area contributed by atoms with E-state index >= 15 is 0 Å². The van der Waals surface area contributed by atoms with Crippen molar-refractivity contribution in [3.8, 4) is 0 Å². The molecule has 1 aromatic carbocycles. The third-order valence-electron chi connectivity index (χ3n) is 4.95. The molecule has 0 bridgehead atoms. The lowest BCUT2D eigenvalue weighted by atomic mass is 10.1. The van der Waals surface area contributed by atoms with Crippen molar-refractivity contribution in [1.29, 1.82) is 0 Å². The number of aromatic nitrogens is 2. The molecule has 27 heavy (non-hydrogen) atoms. The van der Waals surface area contributed by atoms with Crippen molar-refractivity contribution >= 4 is 44.9 Å². The lowest BCUT2D eigenvalue weighted by molar-refractivity contribution is -0.115. The van der Waals surface area contributed by atoms with Gasteiger partial charge in [-0.1, -0.05) is 23.9 Å². The van der Waals surface area contributed by atoms with Gasteiger partial charge in [-0.2, -0.15) is 0 Å². The van der Waals surface area contributed by atoms with E-state index in [1.165, 1.54) is 34.0 Å². The molecule has 0 spiro atoms. The first-order chi connectivity index (χ1) is 12.9. The van der Waals surface area contributed by atoms with E-state index < -0.39 is 0 Å². The minimum atomic E-state index is -0.237. The fraction of sp³-hybridized carbons (Fsp3) is 0.381. The molecule has 1 atom stereocenters. The summed E-state index contributed by atoms with van der Waals surface area (Å²) < 4.78 is 0. The Labute approximate surface area is 167 Å². The average Bonchev–Trinajstić information content (AvgIpc) is 3.18. The Balaban J connectivity index is 1.60. The van der Waals surface area contributed by atoms with E-state index in [1.54, 1.807) is 11.3 Å². The highest BCUT2D eigenvalue weighted by Gasteiger charge is 2.24. The molecule has 0 unspecified atom stereocenters. The largest absolute Gasteiger partial charge is 0.325 e. The van der Waals surface area contributed by atoms with Crippen LogP contribution in [0.2, 0.25) is 0 Å². The summed E-state index contributed by atoms with van der Waals surface area (Å²) in [5.74, 6) is 0.775. The van der Waals surface area contributed by atoms with Crippen LogP contribution in [0.15, 0.2) is 23.2 Å². The van der Waals surface area contributed by atoms with Crippen LogP contribution in [0.25, 0.3) is 10.2 Å². The minimum Gasteiger partial charge on any atom is -0.325 e. The number of benzene rings is 1. The van der Waals surface area contributed by atoms with Gasteiger partial charge in [-0.05, 0) is 69.7 Å². The number of hydrogen-bond acceptors (Lipinski definition) is 5. The van der Waals surface area contributed by atoms with E-state index in [-0.39, 0.29) is 11.2 Å². The highest BCUT2D eigenvalue weighted by Crippen LogP contribution is 2.41. The van der Waals surface area contributed by atoms with Crippen LogP contribution in [0.5, 0.6) is 0 Å². The Morgan fingerprint density at radius 2 is 2.04 bits per heavy atom. The smallest absolute Gasteiger partial charge is 0.237 e. The Kier molecular flexibility index (Phi) is 4.95. The fourth-order valence-electron chi connectivity index (χ4n) is 3.48. The van der Waals surface area contributed by atoms with E-state index in [0.717, 1.165) is 45.3 Å². The Bertz CT molecular complexity index is 1040. The summed E-state index contributed by atoms with van der Waals surface area (Å²) in [6, 6.07) is 6.11. The highest BCUT2D eigenvalue weighted by atomic mass is 32.2. The Morgan fingerprint density at radius 1 is 1.22 bits per heavy atom. The van der Waals surface area contributed by atoms with Gasteiger partial charge in [0.1, 0.15) is 15.7 Å². The maximum absolute atomic E-state index is 12.8. The van der Waals surface area contributed by atoms with Crippen LogP contribution in [0, 0.1) is 20.8 Å². The molecular weight excluding hydrogens is 374 g/mol. The predicted molar refractivity (Wildman–Crippen MR) is 114 cm³/mol. The van der Waals surface area contributed by atoms with Gasteiger partial charge < -0.3 is 5.32 Å². The number of hydrogen-bond donors (Lipinski definition) is 1. The zero-order chi connectivity index (χ0) is 19.1. The molecule has 2 aromatic heterocycles. The molecule has 0 aliphatic heterocycles. The highest BCUT2D eigenvalue weighted by molar-refractivity contribution is 8.00. The summed E-state index contributed by atoms with van der Waals surface area (Å²) in [4.78, 5) is 24.6. The molecular formula is C21H23N3OS2. The van der Waals surface area contributed by atoms with Gasteiger partial charge in [-0.15, -0.1) is 11.3 Å². The second kappa shape index (κ2) is 7.24. The van der Waals surface area contributed by atoms with Crippen molar-refractivity contribution in [2.45, 2.75) is 57.2 Å². The van der Waals surface area contributed by atoms with Gasteiger partial charge in [0.2, 0.25) is 5.91 Å². The number of amides is 1. The lowest BCUT2D eigenvalue weighted by Crippen LogP contribution is -2.23. The lowest BCUT2D eigenvalue weighted by Gasteiger charge is -2.14. The van der Waals surface area contributed by atoms with Crippen molar-refractivity contribution in [2.24, 2.45) is 0 Å². The molecule has 0 saturated heterocycles. The van der Waals surface area contributed by atoms with Gasteiger partial charge in [0.05, 0.1) is 5.25 Å². The molecule has 4 nitrogen and oxygen atoms in total. The standard InChI is InChI=1S/C21H23N3OS2/c1-11-8-9-12(2)16(10-11)24-19(25)13(3)26-20-18-15-6-5-7-17(15)27-21(18)23-14(4)22-20/h8-10,13H,5-7H2,1-4H3,(H,24,25)/t13-/m1/s1. The number of nitrogens with zero attached hydrogens (tertiary/aromatic N) is 2. The molecule has 0 fully saturated rings. The zero-order valence-corrected chi connectivity index (χ0v) is 17.7. The van der Waals surface area contributed by atoms with Crippen molar-refractivity contribution in [2.75, 3.05) is 5.32 Å². The number of anilines is 1. The van der Waals surface area contributed by atoms with E-state index in [9.17, 15) is 4.79 Å². The quantitative estimate of drug-likeness (QED) is 0.484. The van der Waals surface area contributed by atoms with Crippen LogP contribution >= 0.6 is 23.1 Å². The number of carbonyl (C=O) groups is 1. The van der Waals surface area contributed by atoms with Gasteiger partial charge in [-0.25, -0.2) is 9.97 Å². The predicted octanol–water partition coefficient (Wildman–Crippen LogP) is 5.22. The number of aryl methyl sites for hydroxylation is 5. The topological polar surface area (TPSA) is 54.9 Å². The van der Waals surface area contributed by atoms with Crippen LogP contribution in [0.3, 0.4) is 0 Å². The maximum Gasteiger partial charge on any atom is 0.237 e. The first-order valence-electron chi connectivity index (χ1n) is 9.26. The number of fused-ring (bicyclic) bond motifs is 3. The minimum absolute atomic E-state index is 0.00462. The third-order valence-corrected chi connectivity index (χ3v) is 7.22. The second-order valence-corrected chi connectivity index (χ2v) is 9.59. The first kappa shape index (κ1) is 18.4. The number of thiophene rings is 1. The molecule has 140 valence electrons. The first-order valence-corrected chi connectivity index (χ1v) is 11.0. The summed E-state index contributed by atoms with van der Waals surface area (Å²) in [6.07, 6.45) is 3.44. The van der Waals surface area contributed by atoms with Gasteiger partial charge in [-0.3, -0.25) is 4.79 Å². The molecule has 3 aromatic rings. The summed E-state index contributed by atoms with van der Waals surface area (Å²) in [5, 5.41) is 4.96. The van der Waals surface area contributed by atoms with Crippen LogP contribution in [-0.4, -0.2) is 21.1 Å². The van der Waals surface area contributed by atoms with Gasteiger partial charge >= 0.3 is 0 Å². The summed E-state index contributed by atoms with van der Waals surface area (Å²) in [7, 11) is 0. The Hall–Kier alpha value is -1.92. The SMILES string of the molecule is Cc1ccc(C)c(NC(=O)[C@@H](C)Sc2nc(C)nc3sc4c(c23)CCC4)c1. The van der Waals surface area contributed by atoms with E-state index in [4.69, 9.17) is 4.98 Å².